The van der Waals surface area contributed by atoms with E-state index in [2.05, 4.69) is 158 Å². The first kappa shape index (κ1) is 27.8. The largest absolute Gasteiger partial charge is 0.455 e. The molecular formula is C46H30N2O. The number of furan rings is 1. The van der Waals surface area contributed by atoms with Crippen LogP contribution in [0.3, 0.4) is 0 Å². The SMILES string of the molecule is C1=CCC(c2ccc3oc4c(-c5ccccc5-c5cnc6c7ccccc7c7ccccc7c6n5)cc(-c5ccccc5)cc4c3c2)C=C1. The number of nitrogens with zero attached hydrogens (tertiary/aromatic N) is 2. The molecule has 1 atom stereocenters. The van der Waals surface area contributed by atoms with Crippen molar-refractivity contribution in [3.63, 3.8) is 0 Å². The summed E-state index contributed by atoms with van der Waals surface area (Å²) >= 11 is 0. The Kier molecular flexibility index (Phi) is 6.31. The van der Waals surface area contributed by atoms with Crippen LogP contribution < -0.4 is 0 Å². The number of rotatable bonds is 4. The van der Waals surface area contributed by atoms with E-state index in [-0.39, 0.29) is 0 Å². The number of hydrogen-bond donors (Lipinski definition) is 0. The average Bonchev–Trinajstić information content (AvgIpc) is 3.56. The Balaban J connectivity index is 1.23. The van der Waals surface area contributed by atoms with Crippen LogP contribution in [0.25, 0.3) is 88.0 Å². The van der Waals surface area contributed by atoms with Crippen molar-refractivity contribution < 1.29 is 4.42 Å². The van der Waals surface area contributed by atoms with Crippen molar-refractivity contribution in [2.45, 2.75) is 12.3 Å². The van der Waals surface area contributed by atoms with Gasteiger partial charge in [0.2, 0.25) is 0 Å². The fraction of sp³-hybridized carbons (Fsp3) is 0.0435. The second-order valence-electron chi connectivity index (χ2n) is 12.9. The molecule has 0 amide bonds. The molecule has 1 aliphatic rings. The molecule has 0 saturated heterocycles. The van der Waals surface area contributed by atoms with Crippen molar-refractivity contribution in [1.29, 1.82) is 0 Å². The van der Waals surface area contributed by atoms with Crippen LogP contribution in [-0.2, 0) is 0 Å². The van der Waals surface area contributed by atoms with E-state index in [9.17, 15) is 0 Å². The lowest BCUT2D eigenvalue weighted by Gasteiger charge is -2.14. The number of fused-ring (bicyclic) bond motifs is 9. The van der Waals surface area contributed by atoms with Crippen molar-refractivity contribution in [3.05, 3.63) is 170 Å². The Bertz CT molecular complexity index is 2770. The Morgan fingerprint density at radius 3 is 2.02 bits per heavy atom. The van der Waals surface area contributed by atoms with Crippen LogP contribution in [0.1, 0.15) is 17.9 Å². The molecule has 0 bridgehead atoms. The van der Waals surface area contributed by atoms with E-state index >= 15 is 0 Å². The second-order valence-corrected chi connectivity index (χ2v) is 12.9. The summed E-state index contributed by atoms with van der Waals surface area (Å²) in [6.07, 6.45) is 11.7. The van der Waals surface area contributed by atoms with Gasteiger partial charge >= 0.3 is 0 Å². The number of allylic oxidation sites excluding steroid dienone is 4. The highest BCUT2D eigenvalue weighted by atomic mass is 16.3. The van der Waals surface area contributed by atoms with Crippen LogP contribution in [0.2, 0.25) is 0 Å². The van der Waals surface area contributed by atoms with Crippen molar-refractivity contribution >= 4 is 54.5 Å². The van der Waals surface area contributed by atoms with E-state index in [4.69, 9.17) is 14.4 Å². The molecule has 2 aromatic heterocycles. The highest BCUT2D eigenvalue weighted by molar-refractivity contribution is 6.23. The molecule has 0 spiro atoms. The smallest absolute Gasteiger partial charge is 0.143 e. The third kappa shape index (κ3) is 4.51. The fourth-order valence-corrected chi connectivity index (χ4v) is 7.65. The van der Waals surface area contributed by atoms with E-state index in [0.29, 0.717) is 5.92 Å². The minimum atomic E-state index is 0.358. The zero-order valence-electron chi connectivity index (χ0n) is 26.7. The van der Waals surface area contributed by atoms with Crippen molar-refractivity contribution in [2.75, 3.05) is 0 Å². The first-order chi connectivity index (χ1) is 24.3. The Hall–Kier alpha value is -6.32. The van der Waals surface area contributed by atoms with Gasteiger partial charge in [-0.15, -0.1) is 0 Å². The van der Waals surface area contributed by atoms with Crippen LogP contribution in [-0.4, -0.2) is 9.97 Å². The van der Waals surface area contributed by atoms with Gasteiger partial charge in [0.25, 0.3) is 0 Å². The third-order valence-electron chi connectivity index (χ3n) is 10.0. The molecule has 0 radical (unpaired) electrons. The van der Waals surface area contributed by atoms with Crippen LogP contribution in [0.4, 0.5) is 0 Å². The maximum Gasteiger partial charge on any atom is 0.143 e. The maximum atomic E-state index is 6.77. The lowest BCUT2D eigenvalue weighted by atomic mass is 9.90. The molecule has 49 heavy (non-hydrogen) atoms. The Morgan fingerprint density at radius 2 is 1.24 bits per heavy atom. The normalized spacial score (nSPS) is 14.5. The topological polar surface area (TPSA) is 38.9 Å². The van der Waals surface area contributed by atoms with Crippen LogP contribution in [0.15, 0.2) is 168 Å². The Labute approximate surface area is 283 Å². The summed E-state index contributed by atoms with van der Waals surface area (Å²) in [5.41, 5.74) is 11.1. The molecule has 10 rings (SSSR count). The zero-order chi connectivity index (χ0) is 32.3. The molecule has 1 unspecified atom stereocenters. The summed E-state index contributed by atoms with van der Waals surface area (Å²) in [5.74, 6) is 0.358. The maximum absolute atomic E-state index is 6.77. The first-order valence-electron chi connectivity index (χ1n) is 16.8. The van der Waals surface area contributed by atoms with Gasteiger partial charge in [-0.05, 0) is 63.7 Å². The predicted molar refractivity (Wildman–Crippen MR) is 204 cm³/mol. The molecule has 0 fully saturated rings. The molecule has 1 aliphatic carbocycles. The monoisotopic (exact) mass is 626 g/mol. The summed E-state index contributed by atoms with van der Waals surface area (Å²) < 4.78 is 6.77. The van der Waals surface area contributed by atoms with E-state index in [1.807, 2.05) is 6.20 Å². The van der Waals surface area contributed by atoms with Gasteiger partial charge in [0, 0.05) is 38.6 Å². The van der Waals surface area contributed by atoms with Crippen molar-refractivity contribution in [1.82, 2.24) is 9.97 Å². The average molecular weight is 627 g/mol. The zero-order valence-corrected chi connectivity index (χ0v) is 26.7. The summed E-state index contributed by atoms with van der Waals surface area (Å²) in [6, 6.07) is 47.3. The summed E-state index contributed by atoms with van der Waals surface area (Å²) in [5, 5.41) is 6.84. The molecule has 0 N–H and O–H groups in total. The van der Waals surface area contributed by atoms with Crippen LogP contribution in [0.5, 0.6) is 0 Å². The number of hydrogen-bond acceptors (Lipinski definition) is 3. The molecule has 7 aromatic carbocycles. The van der Waals surface area contributed by atoms with E-state index in [1.165, 1.54) is 16.3 Å². The molecule has 9 aromatic rings. The van der Waals surface area contributed by atoms with Gasteiger partial charge in [0.05, 0.1) is 22.9 Å². The van der Waals surface area contributed by atoms with E-state index in [0.717, 1.165) is 83.7 Å². The second kappa shape index (κ2) is 11.1. The summed E-state index contributed by atoms with van der Waals surface area (Å²) in [4.78, 5) is 10.5. The summed E-state index contributed by atoms with van der Waals surface area (Å²) in [7, 11) is 0. The molecule has 230 valence electrons. The lowest BCUT2D eigenvalue weighted by molar-refractivity contribution is 0.669. The molecule has 3 heteroatoms. The minimum Gasteiger partial charge on any atom is -0.455 e. The third-order valence-corrected chi connectivity index (χ3v) is 10.0. The minimum absolute atomic E-state index is 0.358. The van der Waals surface area contributed by atoms with Gasteiger partial charge in [-0.3, -0.25) is 4.98 Å². The van der Waals surface area contributed by atoms with Gasteiger partial charge in [-0.1, -0.05) is 133 Å². The van der Waals surface area contributed by atoms with Gasteiger partial charge in [-0.2, -0.15) is 0 Å². The van der Waals surface area contributed by atoms with Gasteiger partial charge in [0.15, 0.2) is 0 Å². The molecule has 3 nitrogen and oxygen atoms in total. The van der Waals surface area contributed by atoms with Crippen molar-refractivity contribution in [3.8, 4) is 33.5 Å². The Morgan fingerprint density at radius 1 is 0.531 bits per heavy atom. The standard InChI is InChI=1S/C46H30N2O/c1-3-13-29(14-4-1)31-23-24-43-39(25-31)41-27-32(30-15-5-2-6-16-30)26-40(46(41)49-43)35-19-7-10-20-36(35)42-28-47-44-37-21-11-8-17-33(37)34-18-9-12-22-38(34)45(44)48-42/h1-13,15-29H,14H2. The summed E-state index contributed by atoms with van der Waals surface area (Å²) in [6.45, 7) is 0. The first-order valence-corrected chi connectivity index (χ1v) is 16.8. The van der Waals surface area contributed by atoms with Gasteiger partial charge < -0.3 is 4.42 Å². The lowest BCUT2D eigenvalue weighted by Crippen LogP contribution is -1.95. The van der Waals surface area contributed by atoms with Gasteiger partial charge in [-0.25, -0.2) is 4.98 Å². The molecule has 2 heterocycles. The van der Waals surface area contributed by atoms with Crippen molar-refractivity contribution in [2.24, 2.45) is 0 Å². The quantitative estimate of drug-likeness (QED) is 0.182. The predicted octanol–water partition coefficient (Wildman–Crippen LogP) is 12.4. The number of aromatic nitrogens is 2. The molecular weight excluding hydrogens is 597 g/mol. The van der Waals surface area contributed by atoms with E-state index in [1.54, 1.807) is 0 Å². The highest BCUT2D eigenvalue weighted by Gasteiger charge is 2.20. The van der Waals surface area contributed by atoms with Crippen LogP contribution in [0, 0.1) is 0 Å². The molecule has 0 aliphatic heterocycles. The fourth-order valence-electron chi connectivity index (χ4n) is 7.65. The van der Waals surface area contributed by atoms with Crippen LogP contribution >= 0.6 is 0 Å². The van der Waals surface area contributed by atoms with E-state index < -0.39 is 0 Å². The molecule has 0 saturated carbocycles. The highest BCUT2D eigenvalue weighted by Crippen LogP contribution is 2.44. The van der Waals surface area contributed by atoms with Gasteiger partial charge in [0.1, 0.15) is 11.2 Å². The number of benzene rings is 7.